The Morgan fingerprint density at radius 1 is 1.56 bits per heavy atom. The normalized spacial score (nSPS) is 12.4. The first-order chi connectivity index (χ1) is 7.63. The van der Waals surface area contributed by atoms with Crippen molar-refractivity contribution in [3.05, 3.63) is 21.3 Å². The van der Waals surface area contributed by atoms with Crippen LogP contribution in [0.4, 0.5) is 0 Å². The Labute approximate surface area is 105 Å². The van der Waals surface area contributed by atoms with E-state index in [1.807, 2.05) is 26.0 Å². The quantitative estimate of drug-likeness (QED) is 0.822. The summed E-state index contributed by atoms with van der Waals surface area (Å²) in [5.74, 6) is 0.0479. The predicted molar refractivity (Wildman–Crippen MR) is 69.2 cm³/mol. The maximum absolute atomic E-state index is 11.4. The fourth-order valence-corrected chi connectivity index (χ4v) is 2.41. The maximum Gasteiger partial charge on any atom is 0.236 e. The van der Waals surface area contributed by atoms with Crippen LogP contribution in [0.25, 0.3) is 0 Å². The molecule has 1 aromatic heterocycles. The van der Waals surface area contributed by atoms with E-state index in [0.717, 1.165) is 17.3 Å². The average Bonchev–Trinajstić information content (AvgIpc) is 2.64. The lowest BCUT2D eigenvalue weighted by Crippen LogP contribution is -2.42. The van der Waals surface area contributed by atoms with Gasteiger partial charge in [-0.25, -0.2) is 0 Å². The molecule has 0 radical (unpaired) electrons. The number of carbonyl (C=O) groups is 1. The first kappa shape index (κ1) is 13.5. The third kappa shape index (κ3) is 4.51. The van der Waals surface area contributed by atoms with Crippen molar-refractivity contribution in [2.24, 2.45) is 0 Å². The minimum absolute atomic E-state index is 0.0479. The van der Waals surface area contributed by atoms with Crippen molar-refractivity contribution < 1.29 is 4.79 Å². The van der Waals surface area contributed by atoms with Gasteiger partial charge in [-0.05, 0) is 32.4 Å². The van der Waals surface area contributed by atoms with Crippen LogP contribution in [-0.4, -0.2) is 25.0 Å². The number of likely N-dealkylation sites (N-methyl/N-ethyl adjacent to an activating group) is 1. The molecule has 5 heteroatoms. The first-order valence-electron chi connectivity index (χ1n) is 5.38. The van der Waals surface area contributed by atoms with Crippen molar-refractivity contribution in [3.8, 4) is 0 Å². The smallest absolute Gasteiger partial charge is 0.236 e. The molecule has 0 fully saturated rings. The highest BCUT2D eigenvalue weighted by atomic mass is 35.5. The number of halogens is 1. The molecule has 1 atom stereocenters. The second-order valence-corrected chi connectivity index (χ2v) is 5.33. The summed E-state index contributed by atoms with van der Waals surface area (Å²) in [6, 6.07) is 3.77. The van der Waals surface area contributed by atoms with E-state index in [1.54, 1.807) is 11.3 Å². The van der Waals surface area contributed by atoms with Crippen molar-refractivity contribution in [2.75, 3.05) is 13.1 Å². The molecule has 0 aliphatic carbocycles. The summed E-state index contributed by atoms with van der Waals surface area (Å²) in [7, 11) is 0. The number of rotatable bonds is 6. The molecule has 1 rings (SSSR count). The zero-order valence-corrected chi connectivity index (χ0v) is 11.1. The van der Waals surface area contributed by atoms with Gasteiger partial charge in [-0.1, -0.05) is 11.6 Å². The van der Waals surface area contributed by atoms with Crippen molar-refractivity contribution in [3.63, 3.8) is 0 Å². The van der Waals surface area contributed by atoms with Crippen LogP contribution in [0.1, 0.15) is 18.7 Å². The summed E-state index contributed by atoms with van der Waals surface area (Å²) >= 11 is 7.41. The summed E-state index contributed by atoms with van der Waals surface area (Å²) in [6.45, 7) is 5.24. The lowest BCUT2D eigenvalue weighted by Gasteiger charge is -2.12. The van der Waals surface area contributed by atoms with Gasteiger partial charge in [0.15, 0.2) is 0 Å². The molecule has 1 heterocycles. The van der Waals surface area contributed by atoms with Crippen molar-refractivity contribution in [1.29, 1.82) is 0 Å². The van der Waals surface area contributed by atoms with Crippen molar-refractivity contribution in [1.82, 2.24) is 10.6 Å². The maximum atomic E-state index is 11.4. The van der Waals surface area contributed by atoms with Gasteiger partial charge < -0.3 is 10.6 Å². The third-order valence-electron chi connectivity index (χ3n) is 2.20. The van der Waals surface area contributed by atoms with Crippen LogP contribution < -0.4 is 10.6 Å². The number of amides is 1. The summed E-state index contributed by atoms with van der Waals surface area (Å²) in [6.07, 6.45) is 0.904. The van der Waals surface area contributed by atoms with Gasteiger partial charge in [-0.3, -0.25) is 4.79 Å². The largest absolute Gasteiger partial charge is 0.355 e. The van der Waals surface area contributed by atoms with E-state index in [-0.39, 0.29) is 11.9 Å². The molecule has 3 nitrogen and oxygen atoms in total. The van der Waals surface area contributed by atoms with Gasteiger partial charge in [0.25, 0.3) is 0 Å². The number of nitrogens with one attached hydrogen (secondary N) is 2. The van der Waals surface area contributed by atoms with Crippen LogP contribution >= 0.6 is 22.9 Å². The highest BCUT2D eigenvalue weighted by molar-refractivity contribution is 7.16. The molecular formula is C11H17ClN2OS. The molecule has 2 N–H and O–H groups in total. The highest BCUT2D eigenvalue weighted by Crippen LogP contribution is 2.21. The van der Waals surface area contributed by atoms with E-state index in [1.165, 1.54) is 4.88 Å². The molecule has 1 unspecified atom stereocenters. The Morgan fingerprint density at radius 3 is 2.88 bits per heavy atom. The Morgan fingerprint density at radius 2 is 2.31 bits per heavy atom. The lowest BCUT2D eigenvalue weighted by molar-refractivity contribution is -0.122. The zero-order chi connectivity index (χ0) is 12.0. The molecule has 0 aliphatic heterocycles. The minimum atomic E-state index is -0.143. The topological polar surface area (TPSA) is 41.1 Å². The summed E-state index contributed by atoms with van der Waals surface area (Å²) in [5.41, 5.74) is 0. The van der Waals surface area contributed by atoms with Gasteiger partial charge >= 0.3 is 0 Å². The van der Waals surface area contributed by atoms with Gasteiger partial charge in [0.05, 0.1) is 10.4 Å². The van der Waals surface area contributed by atoms with Crippen LogP contribution in [-0.2, 0) is 11.2 Å². The van der Waals surface area contributed by atoms with E-state index < -0.39 is 0 Å². The second kappa shape index (κ2) is 6.89. The number of hydrogen-bond donors (Lipinski definition) is 2. The Kier molecular flexibility index (Phi) is 5.80. The minimum Gasteiger partial charge on any atom is -0.355 e. The number of carbonyl (C=O) groups excluding carboxylic acids is 1. The Hall–Kier alpha value is -0.580. The van der Waals surface area contributed by atoms with E-state index in [9.17, 15) is 4.79 Å². The molecule has 0 saturated carbocycles. The SMILES string of the molecule is CCNC(=O)C(C)NCCc1ccc(Cl)s1. The molecule has 0 bridgehead atoms. The molecular weight excluding hydrogens is 244 g/mol. The Balaban J connectivity index is 2.22. The standard InChI is InChI=1S/C11H17ClN2OS/c1-3-13-11(15)8(2)14-7-6-9-4-5-10(12)16-9/h4-5,8,14H,3,6-7H2,1-2H3,(H,13,15). The molecule has 0 spiro atoms. The van der Waals surface area contributed by atoms with Gasteiger partial charge in [0, 0.05) is 18.0 Å². The highest BCUT2D eigenvalue weighted by Gasteiger charge is 2.10. The lowest BCUT2D eigenvalue weighted by atomic mass is 10.3. The number of thiophene rings is 1. The van der Waals surface area contributed by atoms with Crippen LogP contribution in [0, 0.1) is 0 Å². The summed E-state index contributed by atoms with van der Waals surface area (Å²) in [4.78, 5) is 12.6. The fourth-order valence-electron chi connectivity index (χ4n) is 1.32. The van der Waals surface area contributed by atoms with E-state index >= 15 is 0 Å². The van der Waals surface area contributed by atoms with Gasteiger partial charge in [0.2, 0.25) is 5.91 Å². The molecule has 0 aromatic carbocycles. The number of hydrogen-bond acceptors (Lipinski definition) is 3. The molecule has 16 heavy (non-hydrogen) atoms. The van der Waals surface area contributed by atoms with E-state index in [0.29, 0.717) is 6.54 Å². The summed E-state index contributed by atoms with van der Waals surface area (Å²) in [5, 5.41) is 5.95. The third-order valence-corrected chi connectivity index (χ3v) is 3.49. The molecule has 0 aliphatic rings. The van der Waals surface area contributed by atoms with Gasteiger partial charge in [-0.15, -0.1) is 11.3 Å². The van der Waals surface area contributed by atoms with E-state index in [4.69, 9.17) is 11.6 Å². The van der Waals surface area contributed by atoms with Crippen LogP contribution in [0.2, 0.25) is 4.34 Å². The Bertz CT molecular complexity index is 340. The average molecular weight is 261 g/mol. The van der Waals surface area contributed by atoms with Crippen LogP contribution in [0.15, 0.2) is 12.1 Å². The molecule has 0 saturated heterocycles. The monoisotopic (exact) mass is 260 g/mol. The molecule has 1 aromatic rings. The van der Waals surface area contributed by atoms with Crippen LogP contribution in [0.5, 0.6) is 0 Å². The van der Waals surface area contributed by atoms with Gasteiger partial charge in [-0.2, -0.15) is 0 Å². The van der Waals surface area contributed by atoms with Crippen LogP contribution in [0.3, 0.4) is 0 Å². The van der Waals surface area contributed by atoms with Crippen molar-refractivity contribution in [2.45, 2.75) is 26.3 Å². The second-order valence-electron chi connectivity index (χ2n) is 3.53. The van der Waals surface area contributed by atoms with E-state index in [2.05, 4.69) is 10.6 Å². The van der Waals surface area contributed by atoms with Crippen molar-refractivity contribution >= 4 is 28.8 Å². The predicted octanol–water partition coefficient (Wildman–Crippen LogP) is 2.06. The zero-order valence-electron chi connectivity index (χ0n) is 9.55. The fraction of sp³-hybridized carbons (Fsp3) is 0.545. The molecule has 1 amide bonds. The molecule has 90 valence electrons. The van der Waals surface area contributed by atoms with Gasteiger partial charge in [0.1, 0.15) is 0 Å². The first-order valence-corrected chi connectivity index (χ1v) is 6.58. The summed E-state index contributed by atoms with van der Waals surface area (Å²) < 4.78 is 0.812.